The molecule has 0 saturated heterocycles. The largest absolute Gasteiger partial charge is 0.487 e. The maximum absolute atomic E-state index is 8.84. The first-order valence-electron chi connectivity index (χ1n) is 6.49. The Morgan fingerprint density at radius 1 is 1.35 bits per heavy atom. The van der Waals surface area contributed by atoms with Crippen LogP contribution in [0.15, 0.2) is 42.6 Å². The van der Waals surface area contributed by atoms with Crippen molar-refractivity contribution < 1.29 is 4.74 Å². The predicted octanol–water partition coefficient (Wildman–Crippen LogP) is 2.42. The van der Waals surface area contributed by atoms with E-state index in [1.165, 1.54) is 0 Å². The number of pyridine rings is 1. The highest BCUT2D eigenvalue weighted by Crippen LogP contribution is 2.13. The molecule has 4 heteroatoms. The number of benzene rings is 1. The lowest BCUT2D eigenvalue weighted by molar-refractivity contribution is 0.304. The standard InChI is InChI=1S/C16H17N3O/c1-12(18)7-15-5-6-16(10-19-15)20-11-14-4-2-3-13(8-14)9-17/h2-6,8,10,12H,7,11,18H2,1H3. The van der Waals surface area contributed by atoms with Crippen molar-refractivity contribution in [1.29, 1.82) is 5.26 Å². The van der Waals surface area contributed by atoms with Crippen LogP contribution >= 0.6 is 0 Å². The first-order chi connectivity index (χ1) is 9.67. The highest BCUT2D eigenvalue weighted by atomic mass is 16.5. The highest BCUT2D eigenvalue weighted by molar-refractivity contribution is 5.32. The molecule has 0 aliphatic heterocycles. The molecule has 2 rings (SSSR count). The first kappa shape index (κ1) is 14.0. The minimum atomic E-state index is 0.1000. The van der Waals surface area contributed by atoms with E-state index in [2.05, 4.69) is 11.1 Å². The van der Waals surface area contributed by atoms with Gasteiger partial charge in [-0.15, -0.1) is 0 Å². The van der Waals surface area contributed by atoms with Crippen LogP contribution in [0.4, 0.5) is 0 Å². The Labute approximate surface area is 118 Å². The van der Waals surface area contributed by atoms with Gasteiger partial charge in [0.25, 0.3) is 0 Å². The number of nitriles is 1. The molecule has 0 spiro atoms. The van der Waals surface area contributed by atoms with Gasteiger partial charge in [-0.25, -0.2) is 0 Å². The van der Waals surface area contributed by atoms with Crippen LogP contribution in [0, 0.1) is 11.3 Å². The topological polar surface area (TPSA) is 71.9 Å². The average Bonchev–Trinajstić information content (AvgIpc) is 2.46. The fraction of sp³-hybridized carbons (Fsp3) is 0.250. The quantitative estimate of drug-likeness (QED) is 0.903. The van der Waals surface area contributed by atoms with Gasteiger partial charge in [-0.2, -0.15) is 5.26 Å². The van der Waals surface area contributed by atoms with E-state index in [0.717, 1.165) is 17.7 Å². The van der Waals surface area contributed by atoms with Gasteiger partial charge in [-0.05, 0) is 36.8 Å². The summed E-state index contributed by atoms with van der Waals surface area (Å²) in [5.41, 5.74) is 8.28. The molecule has 0 bridgehead atoms. The van der Waals surface area contributed by atoms with Crippen molar-refractivity contribution in [3.8, 4) is 11.8 Å². The average molecular weight is 267 g/mol. The lowest BCUT2D eigenvalue weighted by Gasteiger charge is -2.08. The minimum absolute atomic E-state index is 0.1000. The summed E-state index contributed by atoms with van der Waals surface area (Å²) in [4.78, 5) is 4.31. The Balaban J connectivity index is 1.95. The van der Waals surface area contributed by atoms with Crippen LogP contribution < -0.4 is 10.5 Å². The fourth-order valence-electron chi connectivity index (χ4n) is 1.84. The number of hydrogen-bond acceptors (Lipinski definition) is 4. The lowest BCUT2D eigenvalue weighted by Crippen LogP contribution is -2.18. The second kappa shape index (κ2) is 6.69. The summed E-state index contributed by atoms with van der Waals surface area (Å²) >= 11 is 0. The third-order valence-corrected chi connectivity index (χ3v) is 2.79. The molecular formula is C16H17N3O. The summed E-state index contributed by atoms with van der Waals surface area (Å²) < 4.78 is 5.65. The molecule has 20 heavy (non-hydrogen) atoms. The van der Waals surface area contributed by atoms with E-state index in [-0.39, 0.29) is 6.04 Å². The van der Waals surface area contributed by atoms with Gasteiger partial charge in [0.05, 0.1) is 17.8 Å². The van der Waals surface area contributed by atoms with Crippen molar-refractivity contribution in [2.45, 2.75) is 26.0 Å². The van der Waals surface area contributed by atoms with Crippen LogP contribution in [0.25, 0.3) is 0 Å². The molecule has 0 radical (unpaired) electrons. The molecule has 0 aliphatic rings. The number of nitrogens with two attached hydrogens (primary N) is 1. The van der Waals surface area contributed by atoms with Crippen LogP contribution in [-0.2, 0) is 13.0 Å². The normalized spacial score (nSPS) is 11.7. The van der Waals surface area contributed by atoms with Gasteiger partial charge in [-0.3, -0.25) is 4.98 Å². The van der Waals surface area contributed by atoms with Crippen LogP contribution in [0.1, 0.15) is 23.7 Å². The van der Waals surface area contributed by atoms with Crippen molar-refractivity contribution in [1.82, 2.24) is 4.98 Å². The van der Waals surface area contributed by atoms with Gasteiger partial charge in [0, 0.05) is 18.2 Å². The van der Waals surface area contributed by atoms with Crippen LogP contribution in [0.5, 0.6) is 5.75 Å². The van der Waals surface area contributed by atoms with Crippen LogP contribution in [0.2, 0.25) is 0 Å². The van der Waals surface area contributed by atoms with Gasteiger partial charge in [0.1, 0.15) is 12.4 Å². The molecule has 0 fully saturated rings. The number of hydrogen-bond donors (Lipinski definition) is 1. The summed E-state index contributed by atoms with van der Waals surface area (Å²) in [7, 11) is 0. The molecular weight excluding hydrogens is 250 g/mol. The number of nitrogens with zero attached hydrogens (tertiary/aromatic N) is 2. The molecule has 102 valence electrons. The Morgan fingerprint density at radius 3 is 2.85 bits per heavy atom. The minimum Gasteiger partial charge on any atom is -0.487 e. The number of aromatic nitrogens is 1. The summed E-state index contributed by atoms with van der Waals surface area (Å²) in [6.07, 6.45) is 2.45. The summed E-state index contributed by atoms with van der Waals surface area (Å²) in [5, 5.41) is 8.84. The van der Waals surface area contributed by atoms with Crippen molar-refractivity contribution in [3.63, 3.8) is 0 Å². The third-order valence-electron chi connectivity index (χ3n) is 2.79. The Hall–Kier alpha value is -2.38. The summed E-state index contributed by atoms with van der Waals surface area (Å²) in [6.45, 7) is 2.37. The van der Waals surface area contributed by atoms with Gasteiger partial charge >= 0.3 is 0 Å². The predicted molar refractivity (Wildman–Crippen MR) is 77.1 cm³/mol. The molecule has 1 aromatic carbocycles. The second-order valence-corrected chi connectivity index (χ2v) is 4.77. The van der Waals surface area contributed by atoms with E-state index < -0.39 is 0 Å². The molecule has 0 saturated carbocycles. The fourth-order valence-corrected chi connectivity index (χ4v) is 1.84. The molecule has 1 heterocycles. The van der Waals surface area contributed by atoms with E-state index in [4.69, 9.17) is 15.7 Å². The maximum Gasteiger partial charge on any atom is 0.138 e. The Bertz CT molecular complexity index is 600. The van der Waals surface area contributed by atoms with E-state index in [1.807, 2.05) is 37.3 Å². The number of ether oxygens (including phenoxy) is 1. The zero-order valence-corrected chi connectivity index (χ0v) is 11.4. The third kappa shape index (κ3) is 4.08. The lowest BCUT2D eigenvalue weighted by atomic mass is 10.1. The van der Waals surface area contributed by atoms with Crippen molar-refractivity contribution in [2.75, 3.05) is 0 Å². The van der Waals surface area contributed by atoms with Crippen molar-refractivity contribution in [2.24, 2.45) is 5.73 Å². The van der Waals surface area contributed by atoms with Crippen molar-refractivity contribution >= 4 is 0 Å². The molecule has 2 N–H and O–H groups in total. The van der Waals surface area contributed by atoms with Gasteiger partial charge in [-0.1, -0.05) is 12.1 Å². The monoisotopic (exact) mass is 267 g/mol. The van der Waals surface area contributed by atoms with E-state index in [1.54, 1.807) is 12.3 Å². The molecule has 1 atom stereocenters. The Morgan fingerprint density at radius 2 is 2.20 bits per heavy atom. The molecule has 1 aromatic heterocycles. The molecule has 2 aromatic rings. The van der Waals surface area contributed by atoms with Gasteiger partial charge in [0.15, 0.2) is 0 Å². The first-order valence-corrected chi connectivity index (χ1v) is 6.49. The molecule has 0 aliphatic carbocycles. The van der Waals surface area contributed by atoms with Crippen molar-refractivity contribution in [3.05, 3.63) is 59.4 Å². The molecule has 1 unspecified atom stereocenters. The molecule has 4 nitrogen and oxygen atoms in total. The van der Waals surface area contributed by atoms with Crippen LogP contribution in [0.3, 0.4) is 0 Å². The Kier molecular flexibility index (Phi) is 4.70. The van der Waals surface area contributed by atoms with Gasteiger partial charge < -0.3 is 10.5 Å². The summed E-state index contributed by atoms with van der Waals surface area (Å²) in [6, 6.07) is 13.4. The van der Waals surface area contributed by atoms with Gasteiger partial charge in [0.2, 0.25) is 0 Å². The zero-order valence-electron chi connectivity index (χ0n) is 11.4. The van der Waals surface area contributed by atoms with Crippen LogP contribution in [-0.4, -0.2) is 11.0 Å². The van der Waals surface area contributed by atoms with E-state index in [9.17, 15) is 0 Å². The van der Waals surface area contributed by atoms with E-state index in [0.29, 0.717) is 17.9 Å². The number of rotatable bonds is 5. The zero-order chi connectivity index (χ0) is 14.4. The SMILES string of the molecule is CC(N)Cc1ccc(OCc2cccc(C#N)c2)cn1. The smallest absolute Gasteiger partial charge is 0.138 e. The highest BCUT2D eigenvalue weighted by Gasteiger charge is 2.01. The maximum atomic E-state index is 8.84. The second-order valence-electron chi connectivity index (χ2n) is 4.77. The molecule has 0 amide bonds. The summed E-state index contributed by atoms with van der Waals surface area (Å²) in [5.74, 6) is 0.709. The van der Waals surface area contributed by atoms with E-state index >= 15 is 0 Å².